The molecule has 1 aliphatic carbocycles. The second-order valence-electron chi connectivity index (χ2n) is 4.90. The van der Waals surface area contributed by atoms with E-state index in [2.05, 4.69) is 0 Å². The first-order valence-electron chi connectivity index (χ1n) is 6.17. The molecular formula is C13H19NO3S. The fourth-order valence-corrected chi connectivity index (χ4v) is 2.79. The summed E-state index contributed by atoms with van der Waals surface area (Å²) in [6.45, 7) is 0. The Labute approximate surface area is 108 Å². The van der Waals surface area contributed by atoms with Crippen molar-refractivity contribution in [2.45, 2.75) is 42.7 Å². The van der Waals surface area contributed by atoms with Gasteiger partial charge in [-0.25, -0.2) is 8.42 Å². The Bertz CT molecular complexity index is 487. The average molecular weight is 269 g/mol. The van der Waals surface area contributed by atoms with E-state index >= 15 is 0 Å². The third-order valence-corrected chi connectivity index (χ3v) is 4.40. The van der Waals surface area contributed by atoms with Crippen molar-refractivity contribution in [3.8, 4) is 5.75 Å². The van der Waals surface area contributed by atoms with Crippen LogP contribution in [0.15, 0.2) is 29.2 Å². The molecule has 0 aliphatic heterocycles. The molecule has 0 aromatic heterocycles. The maximum atomic E-state index is 11.3. The Morgan fingerprint density at radius 2 is 1.67 bits per heavy atom. The summed E-state index contributed by atoms with van der Waals surface area (Å²) in [7, 11) is -3.13. The van der Waals surface area contributed by atoms with Crippen LogP contribution >= 0.6 is 0 Å². The van der Waals surface area contributed by atoms with E-state index in [0.29, 0.717) is 10.9 Å². The van der Waals surface area contributed by atoms with Gasteiger partial charge in [0.2, 0.25) is 0 Å². The van der Waals surface area contributed by atoms with Gasteiger partial charge in [0.25, 0.3) is 0 Å². The fraction of sp³-hybridized carbons (Fsp3) is 0.538. The van der Waals surface area contributed by atoms with Gasteiger partial charge in [0, 0.05) is 12.3 Å². The molecule has 1 fully saturated rings. The van der Waals surface area contributed by atoms with E-state index in [1.165, 1.54) is 6.26 Å². The summed E-state index contributed by atoms with van der Waals surface area (Å²) >= 11 is 0. The van der Waals surface area contributed by atoms with Gasteiger partial charge in [0.1, 0.15) is 5.75 Å². The Hall–Kier alpha value is -1.07. The molecule has 0 saturated heterocycles. The molecule has 0 atom stereocenters. The Kier molecular flexibility index (Phi) is 3.92. The van der Waals surface area contributed by atoms with Crippen LogP contribution in [0.4, 0.5) is 0 Å². The van der Waals surface area contributed by atoms with Gasteiger partial charge in [-0.1, -0.05) is 0 Å². The predicted octanol–water partition coefficient (Wildman–Crippen LogP) is 1.74. The lowest BCUT2D eigenvalue weighted by atomic mass is 9.94. The molecule has 2 N–H and O–H groups in total. The number of hydrogen-bond acceptors (Lipinski definition) is 4. The average Bonchev–Trinajstić information content (AvgIpc) is 2.32. The molecule has 1 aromatic carbocycles. The fourth-order valence-electron chi connectivity index (χ4n) is 2.16. The summed E-state index contributed by atoms with van der Waals surface area (Å²) < 4.78 is 28.5. The van der Waals surface area contributed by atoms with E-state index < -0.39 is 9.84 Å². The van der Waals surface area contributed by atoms with Crippen molar-refractivity contribution in [3.05, 3.63) is 24.3 Å². The van der Waals surface area contributed by atoms with Crippen LogP contribution in [-0.2, 0) is 9.84 Å². The monoisotopic (exact) mass is 269 g/mol. The number of rotatable bonds is 3. The summed E-state index contributed by atoms with van der Waals surface area (Å²) in [5.41, 5.74) is 5.84. The highest BCUT2D eigenvalue weighted by molar-refractivity contribution is 7.90. The van der Waals surface area contributed by atoms with Crippen LogP contribution in [0.3, 0.4) is 0 Å². The second kappa shape index (κ2) is 5.28. The Balaban J connectivity index is 1.98. The number of sulfone groups is 1. The van der Waals surface area contributed by atoms with Gasteiger partial charge in [-0.15, -0.1) is 0 Å². The lowest BCUT2D eigenvalue weighted by Crippen LogP contribution is -2.31. The highest BCUT2D eigenvalue weighted by Gasteiger charge is 2.19. The molecule has 5 heteroatoms. The van der Waals surface area contributed by atoms with Crippen molar-refractivity contribution in [2.24, 2.45) is 5.73 Å². The summed E-state index contributed by atoms with van der Waals surface area (Å²) in [5.74, 6) is 0.725. The van der Waals surface area contributed by atoms with Gasteiger partial charge >= 0.3 is 0 Å². The molecule has 0 bridgehead atoms. The molecule has 0 radical (unpaired) electrons. The van der Waals surface area contributed by atoms with Crippen LogP contribution in [0.2, 0.25) is 0 Å². The second-order valence-corrected chi connectivity index (χ2v) is 6.91. The Morgan fingerprint density at radius 1 is 1.11 bits per heavy atom. The molecule has 2 rings (SSSR count). The molecule has 18 heavy (non-hydrogen) atoms. The summed E-state index contributed by atoms with van der Waals surface area (Å²) in [4.78, 5) is 0.320. The highest BCUT2D eigenvalue weighted by atomic mass is 32.2. The minimum atomic E-state index is -3.13. The number of nitrogens with two attached hydrogens (primary N) is 1. The molecule has 0 spiro atoms. The molecule has 0 unspecified atom stereocenters. The largest absolute Gasteiger partial charge is 0.490 e. The maximum absolute atomic E-state index is 11.3. The summed E-state index contributed by atoms with van der Waals surface area (Å²) in [6.07, 6.45) is 5.32. The predicted molar refractivity (Wildman–Crippen MR) is 70.4 cm³/mol. The standard InChI is InChI=1S/C13H19NO3S/c1-18(15,16)13-8-6-12(7-9-13)17-11-4-2-10(14)3-5-11/h6-11H,2-5,14H2,1H3. The van der Waals surface area contributed by atoms with Crippen molar-refractivity contribution in [1.29, 1.82) is 0 Å². The maximum Gasteiger partial charge on any atom is 0.175 e. The SMILES string of the molecule is CS(=O)(=O)c1ccc(OC2CCC(N)CC2)cc1. The van der Waals surface area contributed by atoms with Crippen molar-refractivity contribution in [2.75, 3.05) is 6.26 Å². The van der Waals surface area contributed by atoms with E-state index in [0.717, 1.165) is 31.4 Å². The number of ether oxygens (including phenoxy) is 1. The molecular weight excluding hydrogens is 250 g/mol. The van der Waals surface area contributed by atoms with E-state index in [1.807, 2.05) is 0 Å². The highest BCUT2D eigenvalue weighted by Crippen LogP contribution is 2.23. The van der Waals surface area contributed by atoms with Gasteiger partial charge in [-0.05, 0) is 49.9 Å². The zero-order valence-electron chi connectivity index (χ0n) is 10.5. The molecule has 100 valence electrons. The molecule has 1 aliphatic rings. The van der Waals surface area contributed by atoms with Crippen molar-refractivity contribution < 1.29 is 13.2 Å². The third kappa shape index (κ3) is 3.46. The van der Waals surface area contributed by atoms with Gasteiger partial charge in [-0.3, -0.25) is 0 Å². The molecule has 0 heterocycles. The molecule has 0 amide bonds. The minimum Gasteiger partial charge on any atom is -0.490 e. The lowest BCUT2D eigenvalue weighted by Gasteiger charge is -2.26. The van der Waals surface area contributed by atoms with E-state index in [-0.39, 0.29) is 6.10 Å². The van der Waals surface area contributed by atoms with Crippen LogP contribution in [0.1, 0.15) is 25.7 Å². The number of benzene rings is 1. The molecule has 1 aromatic rings. The van der Waals surface area contributed by atoms with Crippen LogP contribution < -0.4 is 10.5 Å². The van der Waals surface area contributed by atoms with Crippen molar-refractivity contribution >= 4 is 9.84 Å². The smallest absolute Gasteiger partial charge is 0.175 e. The van der Waals surface area contributed by atoms with E-state index in [1.54, 1.807) is 24.3 Å². The lowest BCUT2D eigenvalue weighted by molar-refractivity contribution is 0.147. The topological polar surface area (TPSA) is 69.4 Å². The number of hydrogen-bond donors (Lipinski definition) is 1. The zero-order chi connectivity index (χ0) is 13.2. The van der Waals surface area contributed by atoms with Gasteiger partial charge in [0.05, 0.1) is 11.0 Å². The third-order valence-electron chi connectivity index (χ3n) is 3.27. The van der Waals surface area contributed by atoms with Crippen LogP contribution in [0.5, 0.6) is 5.75 Å². The van der Waals surface area contributed by atoms with Crippen LogP contribution in [0.25, 0.3) is 0 Å². The Morgan fingerprint density at radius 3 is 2.17 bits per heavy atom. The van der Waals surface area contributed by atoms with Crippen molar-refractivity contribution in [1.82, 2.24) is 0 Å². The van der Waals surface area contributed by atoms with Gasteiger partial charge < -0.3 is 10.5 Å². The molecule has 4 nitrogen and oxygen atoms in total. The first kappa shape index (κ1) is 13.4. The van der Waals surface area contributed by atoms with Crippen molar-refractivity contribution in [3.63, 3.8) is 0 Å². The van der Waals surface area contributed by atoms with E-state index in [4.69, 9.17) is 10.5 Å². The van der Waals surface area contributed by atoms with Crippen LogP contribution in [0, 0.1) is 0 Å². The molecule has 1 saturated carbocycles. The normalized spacial score (nSPS) is 24.8. The first-order valence-corrected chi connectivity index (χ1v) is 8.06. The minimum absolute atomic E-state index is 0.203. The van der Waals surface area contributed by atoms with Crippen LogP contribution in [-0.4, -0.2) is 26.8 Å². The first-order chi connectivity index (χ1) is 8.45. The van der Waals surface area contributed by atoms with E-state index in [9.17, 15) is 8.42 Å². The summed E-state index contributed by atoms with van der Waals surface area (Å²) in [6, 6.07) is 6.89. The zero-order valence-corrected chi connectivity index (χ0v) is 11.3. The van der Waals surface area contributed by atoms with Gasteiger partial charge in [-0.2, -0.15) is 0 Å². The quantitative estimate of drug-likeness (QED) is 0.907. The van der Waals surface area contributed by atoms with Gasteiger partial charge in [0.15, 0.2) is 9.84 Å². The summed E-state index contributed by atoms with van der Waals surface area (Å²) in [5, 5.41) is 0.